The quantitative estimate of drug-likeness (QED) is 0.350. The zero-order valence-electron chi connectivity index (χ0n) is 16.9. The summed E-state index contributed by atoms with van der Waals surface area (Å²) in [4.78, 5) is 29.0. The number of para-hydroxylation sites is 2. The second-order valence-electron chi connectivity index (χ2n) is 7.55. The lowest BCUT2D eigenvalue weighted by molar-refractivity contribution is 0.597. The Hall–Kier alpha value is -3.06. The molecule has 6 nitrogen and oxygen atoms in total. The molecule has 0 N–H and O–H groups in total. The van der Waals surface area contributed by atoms with Crippen LogP contribution in [0.4, 0.5) is 0 Å². The molecule has 5 rings (SSSR count). The Labute approximate surface area is 177 Å². The van der Waals surface area contributed by atoms with Gasteiger partial charge in [0.1, 0.15) is 17.2 Å². The van der Waals surface area contributed by atoms with Crippen molar-refractivity contribution in [3.8, 4) is 0 Å². The van der Waals surface area contributed by atoms with Crippen molar-refractivity contribution in [3.63, 3.8) is 0 Å². The Bertz CT molecular complexity index is 1380. The van der Waals surface area contributed by atoms with E-state index in [1.165, 1.54) is 12.8 Å². The Balaban J connectivity index is 1.72. The molecule has 0 amide bonds. The van der Waals surface area contributed by atoms with E-state index in [1.54, 1.807) is 22.2 Å². The van der Waals surface area contributed by atoms with Crippen molar-refractivity contribution in [2.24, 2.45) is 0 Å². The molecule has 152 valence electrons. The van der Waals surface area contributed by atoms with Crippen LogP contribution in [-0.4, -0.2) is 24.1 Å². The fraction of sp³-hybridized carbons (Fsp3) is 0.304. The van der Waals surface area contributed by atoms with E-state index >= 15 is 0 Å². The highest BCUT2D eigenvalue weighted by Gasteiger charge is 2.19. The van der Waals surface area contributed by atoms with E-state index < -0.39 is 0 Å². The maximum Gasteiger partial charge on any atom is 0.265 e. The molecule has 0 aliphatic carbocycles. The molecule has 0 aliphatic rings. The lowest BCUT2D eigenvalue weighted by Gasteiger charge is -2.07. The zero-order chi connectivity index (χ0) is 20.5. The van der Waals surface area contributed by atoms with Crippen LogP contribution in [0.2, 0.25) is 0 Å². The van der Waals surface area contributed by atoms with Crippen LogP contribution in [0, 0.1) is 0 Å². The van der Waals surface area contributed by atoms with Gasteiger partial charge in [0.25, 0.3) is 5.56 Å². The van der Waals surface area contributed by atoms with Gasteiger partial charge in [-0.25, -0.2) is 15.0 Å². The number of rotatable bonds is 7. The molecule has 30 heavy (non-hydrogen) atoms. The summed E-state index contributed by atoms with van der Waals surface area (Å²) in [6.07, 6.45) is 6.22. The first-order chi connectivity index (χ1) is 14.8. The SMILES string of the molecule is CCCCCCn1c2nc3ccccc3nc2c2c(=O)n(Cc3cccs3)cnc21. The average molecular weight is 418 g/mol. The summed E-state index contributed by atoms with van der Waals surface area (Å²) >= 11 is 1.64. The highest BCUT2D eigenvalue weighted by molar-refractivity contribution is 7.09. The van der Waals surface area contributed by atoms with Gasteiger partial charge in [0.05, 0.1) is 17.6 Å². The lowest BCUT2D eigenvalue weighted by atomic mass is 10.2. The molecule has 4 heterocycles. The standard InChI is InChI=1S/C23H23N5OS/c1-2-3-4-7-12-28-21-19(20-22(28)26-18-11-6-5-10-17(18)25-20)23(29)27(15-24-21)14-16-9-8-13-30-16/h5-6,8-11,13,15H,2-4,7,12,14H2,1H3. The molecule has 0 unspecified atom stereocenters. The first kappa shape index (κ1) is 18.9. The molecule has 4 aromatic heterocycles. The molecular formula is C23H23N5OS. The molecule has 5 aromatic rings. The number of nitrogens with zero attached hydrogens (tertiary/aromatic N) is 5. The molecule has 0 radical (unpaired) electrons. The molecular weight excluding hydrogens is 394 g/mol. The van der Waals surface area contributed by atoms with Gasteiger partial charge in [-0.3, -0.25) is 9.36 Å². The van der Waals surface area contributed by atoms with E-state index in [4.69, 9.17) is 15.0 Å². The third-order valence-electron chi connectivity index (χ3n) is 5.46. The highest BCUT2D eigenvalue weighted by Crippen LogP contribution is 2.25. The van der Waals surface area contributed by atoms with Crippen molar-refractivity contribution in [2.45, 2.75) is 45.7 Å². The molecule has 0 fully saturated rings. The summed E-state index contributed by atoms with van der Waals surface area (Å²) in [7, 11) is 0. The monoisotopic (exact) mass is 417 g/mol. The Kier molecular flexibility index (Phi) is 5.04. The summed E-state index contributed by atoms with van der Waals surface area (Å²) in [5.74, 6) is 0. The van der Waals surface area contributed by atoms with Crippen molar-refractivity contribution in [3.05, 3.63) is 63.3 Å². The smallest absolute Gasteiger partial charge is 0.265 e. The van der Waals surface area contributed by atoms with Gasteiger partial charge in [-0.05, 0) is 30.0 Å². The van der Waals surface area contributed by atoms with E-state index in [2.05, 4.69) is 11.5 Å². The minimum atomic E-state index is -0.0599. The first-order valence-corrected chi connectivity index (χ1v) is 11.3. The largest absolute Gasteiger partial charge is 0.308 e. The summed E-state index contributed by atoms with van der Waals surface area (Å²) in [6, 6.07) is 11.8. The second kappa shape index (κ2) is 7.99. The molecule has 1 aromatic carbocycles. The van der Waals surface area contributed by atoms with Gasteiger partial charge in [0, 0.05) is 11.4 Å². The van der Waals surface area contributed by atoms with Crippen LogP contribution in [-0.2, 0) is 13.1 Å². The van der Waals surface area contributed by atoms with Crippen LogP contribution in [0.5, 0.6) is 0 Å². The molecule has 0 bridgehead atoms. The predicted octanol–water partition coefficient (Wildman–Crippen LogP) is 4.98. The third-order valence-corrected chi connectivity index (χ3v) is 6.32. The van der Waals surface area contributed by atoms with Crippen LogP contribution in [0.1, 0.15) is 37.5 Å². The molecule has 0 atom stereocenters. The molecule has 0 aliphatic heterocycles. The summed E-state index contributed by atoms with van der Waals surface area (Å²) in [6.45, 7) is 3.51. The van der Waals surface area contributed by atoms with E-state index in [0.717, 1.165) is 40.9 Å². The maximum atomic E-state index is 13.4. The van der Waals surface area contributed by atoms with Crippen molar-refractivity contribution >= 4 is 44.6 Å². The Morgan fingerprint density at radius 3 is 2.57 bits per heavy atom. The number of unbranched alkanes of at least 4 members (excludes halogenated alkanes) is 3. The fourth-order valence-corrected chi connectivity index (χ4v) is 4.63. The number of fused-ring (bicyclic) bond motifs is 4. The van der Waals surface area contributed by atoms with Gasteiger partial charge in [-0.2, -0.15) is 0 Å². The Morgan fingerprint density at radius 2 is 1.80 bits per heavy atom. The van der Waals surface area contributed by atoms with Gasteiger partial charge in [0.15, 0.2) is 11.3 Å². The lowest BCUT2D eigenvalue weighted by Crippen LogP contribution is -2.21. The van der Waals surface area contributed by atoms with E-state index in [-0.39, 0.29) is 5.56 Å². The topological polar surface area (TPSA) is 65.6 Å². The van der Waals surface area contributed by atoms with Crippen molar-refractivity contribution in [2.75, 3.05) is 0 Å². The van der Waals surface area contributed by atoms with Crippen molar-refractivity contribution in [1.29, 1.82) is 0 Å². The minimum absolute atomic E-state index is 0.0599. The van der Waals surface area contributed by atoms with Crippen LogP contribution in [0.15, 0.2) is 52.9 Å². The van der Waals surface area contributed by atoms with E-state index in [9.17, 15) is 4.79 Å². The van der Waals surface area contributed by atoms with E-state index in [1.807, 2.05) is 41.8 Å². The molecule has 0 saturated heterocycles. The van der Waals surface area contributed by atoms with Gasteiger partial charge < -0.3 is 4.57 Å². The first-order valence-electron chi connectivity index (χ1n) is 10.4. The third kappa shape index (κ3) is 3.29. The van der Waals surface area contributed by atoms with Gasteiger partial charge >= 0.3 is 0 Å². The van der Waals surface area contributed by atoms with Crippen LogP contribution in [0.25, 0.3) is 33.2 Å². The molecule has 0 saturated carbocycles. The number of aromatic nitrogens is 5. The number of benzene rings is 1. The number of thiophene rings is 1. The van der Waals surface area contributed by atoms with Gasteiger partial charge in [-0.15, -0.1) is 11.3 Å². The normalized spacial score (nSPS) is 11.8. The highest BCUT2D eigenvalue weighted by atomic mass is 32.1. The van der Waals surface area contributed by atoms with Gasteiger partial charge in [0.2, 0.25) is 0 Å². The van der Waals surface area contributed by atoms with E-state index in [0.29, 0.717) is 23.1 Å². The summed E-state index contributed by atoms with van der Waals surface area (Å²) in [5, 5.41) is 2.59. The second-order valence-corrected chi connectivity index (χ2v) is 8.58. The van der Waals surface area contributed by atoms with Crippen LogP contribution < -0.4 is 5.56 Å². The number of hydrogen-bond donors (Lipinski definition) is 0. The maximum absolute atomic E-state index is 13.4. The van der Waals surface area contributed by atoms with Gasteiger partial charge in [-0.1, -0.05) is 44.4 Å². The van der Waals surface area contributed by atoms with Crippen LogP contribution >= 0.6 is 11.3 Å². The number of hydrogen-bond acceptors (Lipinski definition) is 5. The van der Waals surface area contributed by atoms with Crippen LogP contribution in [0.3, 0.4) is 0 Å². The molecule has 0 spiro atoms. The average Bonchev–Trinajstić information content (AvgIpc) is 3.38. The van der Waals surface area contributed by atoms with Crippen molar-refractivity contribution < 1.29 is 0 Å². The van der Waals surface area contributed by atoms with Crippen molar-refractivity contribution in [1.82, 2.24) is 24.1 Å². The summed E-state index contributed by atoms with van der Waals surface area (Å²) in [5.41, 5.74) is 3.65. The molecule has 7 heteroatoms. The Morgan fingerprint density at radius 1 is 0.967 bits per heavy atom. The fourth-order valence-electron chi connectivity index (χ4n) is 3.93. The summed E-state index contributed by atoms with van der Waals surface area (Å²) < 4.78 is 3.75. The minimum Gasteiger partial charge on any atom is -0.308 e. The zero-order valence-corrected chi connectivity index (χ0v) is 17.7. The number of aryl methyl sites for hydroxylation is 1. The predicted molar refractivity (Wildman–Crippen MR) is 122 cm³/mol.